The minimum atomic E-state index is -0.00770. The van der Waals surface area contributed by atoms with Crippen molar-refractivity contribution in [2.75, 3.05) is 13.1 Å². The van der Waals surface area contributed by atoms with Crippen molar-refractivity contribution in [3.05, 3.63) is 34.9 Å². The van der Waals surface area contributed by atoms with Crippen molar-refractivity contribution >= 4 is 17.5 Å². The van der Waals surface area contributed by atoms with E-state index in [-0.39, 0.29) is 17.9 Å². The van der Waals surface area contributed by atoms with Crippen molar-refractivity contribution in [2.24, 2.45) is 11.8 Å². The van der Waals surface area contributed by atoms with Gasteiger partial charge in [0, 0.05) is 10.9 Å². The maximum atomic E-state index is 12.1. The standard InChI is InChI=1S/C14H19ClN2O/c1-9(12-7-16-8-12)14(18)17-10(2)11-4-3-5-13(15)6-11/h3-6,9-10,12,16H,7-8H2,1-2H3,(H,17,18)/t9?,10-/m1/s1. The molecule has 1 aliphatic heterocycles. The summed E-state index contributed by atoms with van der Waals surface area (Å²) < 4.78 is 0. The Kier molecular flexibility index (Phi) is 4.25. The van der Waals surface area contributed by atoms with Gasteiger partial charge in [-0.05, 0) is 43.6 Å². The highest BCUT2D eigenvalue weighted by Gasteiger charge is 2.29. The summed E-state index contributed by atoms with van der Waals surface area (Å²) in [7, 11) is 0. The predicted octanol–water partition coefficient (Wildman–Crippen LogP) is 2.37. The third-order valence-corrected chi connectivity index (χ3v) is 3.88. The molecule has 2 atom stereocenters. The van der Waals surface area contributed by atoms with Crippen LogP contribution in [-0.4, -0.2) is 19.0 Å². The zero-order chi connectivity index (χ0) is 13.1. The minimum absolute atomic E-state index is 0.00770. The van der Waals surface area contributed by atoms with Crippen molar-refractivity contribution in [3.8, 4) is 0 Å². The van der Waals surface area contributed by atoms with Crippen LogP contribution >= 0.6 is 11.6 Å². The van der Waals surface area contributed by atoms with Gasteiger partial charge in [-0.3, -0.25) is 4.79 Å². The first-order valence-corrected chi connectivity index (χ1v) is 6.72. The Morgan fingerprint density at radius 3 is 2.72 bits per heavy atom. The van der Waals surface area contributed by atoms with E-state index >= 15 is 0 Å². The molecule has 1 saturated heterocycles. The third-order valence-electron chi connectivity index (χ3n) is 3.64. The second-order valence-corrected chi connectivity index (χ2v) is 5.43. The third kappa shape index (κ3) is 3.03. The quantitative estimate of drug-likeness (QED) is 0.879. The van der Waals surface area contributed by atoms with E-state index in [1.807, 2.05) is 38.1 Å². The summed E-state index contributed by atoms with van der Waals surface area (Å²) >= 11 is 5.95. The van der Waals surface area contributed by atoms with E-state index in [9.17, 15) is 4.79 Å². The van der Waals surface area contributed by atoms with E-state index < -0.39 is 0 Å². The molecule has 98 valence electrons. The van der Waals surface area contributed by atoms with Gasteiger partial charge in [0.25, 0.3) is 0 Å². The highest BCUT2D eigenvalue weighted by Crippen LogP contribution is 2.20. The SMILES string of the molecule is CC(C(=O)N[C@H](C)c1cccc(Cl)c1)C1CNC1. The van der Waals surface area contributed by atoms with E-state index in [1.165, 1.54) is 0 Å². The Hall–Kier alpha value is -1.06. The number of carbonyl (C=O) groups is 1. The molecule has 0 saturated carbocycles. The molecule has 0 aromatic heterocycles. The van der Waals surface area contributed by atoms with Gasteiger partial charge >= 0.3 is 0 Å². The van der Waals surface area contributed by atoms with Crippen LogP contribution in [0.4, 0.5) is 0 Å². The van der Waals surface area contributed by atoms with Gasteiger partial charge < -0.3 is 10.6 Å². The van der Waals surface area contributed by atoms with Crippen LogP contribution in [0.15, 0.2) is 24.3 Å². The molecule has 1 aliphatic rings. The monoisotopic (exact) mass is 266 g/mol. The van der Waals surface area contributed by atoms with Gasteiger partial charge in [0.15, 0.2) is 0 Å². The van der Waals surface area contributed by atoms with Gasteiger partial charge in [-0.1, -0.05) is 30.7 Å². The highest BCUT2D eigenvalue weighted by atomic mass is 35.5. The van der Waals surface area contributed by atoms with Crippen molar-refractivity contribution < 1.29 is 4.79 Å². The predicted molar refractivity (Wildman–Crippen MR) is 73.5 cm³/mol. The first kappa shape index (κ1) is 13.4. The highest BCUT2D eigenvalue weighted by molar-refractivity contribution is 6.30. The van der Waals surface area contributed by atoms with Crippen LogP contribution in [0.3, 0.4) is 0 Å². The summed E-state index contributed by atoms with van der Waals surface area (Å²) in [5.41, 5.74) is 1.04. The van der Waals surface area contributed by atoms with Gasteiger partial charge in [-0.15, -0.1) is 0 Å². The van der Waals surface area contributed by atoms with E-state index in [2.05, 4.69) is 10.6 Å². The second kappa shape index (κ2) is 5.72. The van der Waals surface area contributed by atoms with Gasteiger partial charge in [-0.25, -0.2) is 0 Å². The van der Waals surface area contributed by atoms with Crippen LogP contribution in [0, 0.1) is 11.8 Å². The molecule has 3 nitrogen and oxygen atoms in total. The molecule has 4 heteroatoms. The van der Waals surface area contributed by atoms with Crippen molar-refractivity contribution in [3.63, 3.8) is 0 Å². The van der Waals surface area contributed by atoms with Crippen molar-refractivity contribution in [2.45, 2.75) is 19.9 Å². The Balaban J connectivity index is 1.94. The van der Waals surface area contributed by atoms with Crippen LogP contribution in [0.2, 0.25) is 5.02 Å². The summed E-state index contributed by atoms with van der Waals surface area (Å²) in [6.45, 7) is 5.86. The molecular formula is C14H19ClN2O. The summed E-state index contributed by atoms with van der Waals surface area (Å²) in [4.78, 5) is 12.1. The van der Waals surface area contributed by atoms with Crippen LogP contribution in [0.25, 0.3) is 0 Å². The Bertz CT molecular complexity index is 432. The van der Waals surface area contributed by atoms with Gasteiger partial charge in [0.1, 0.15) is 0 Å². The van der Waals surface area contributed by atoms with Gasteiger partial charge in [-0.2, -0.15) is 0 Å². The average Bonchev–Trinajstić information content (AvgIpc) is 2.26. The fraction of sp³-hybridized carbons (Fsp3) is 0.500. The fourth-order valence-corrected chi connectivity index (χ4v) is 2.28. The Morgan fingerprint density at radius 1 is 1.44 bits per heavy atom. The Labute approximate surface area is 113 Å². The summed E-state index contributed by atoms with van der Waals surface area (Å²) in [5.74, 6) is 0.651. The van der Waals surface area contributed by atoms with Crippen LogP contribution in [-0.2, 0) is 4.79 Å². The lowest BCUT2D eigenvalue weighted by molar-refractivity contribution is -0.127. The van der Waals surface area contributed by atoms with Crippen molar-refractivity contribution in [1.29, 1.82) is 0 Å². The molecule has 1 unspecified atom stereocenters. The van der Waals surface area contributed by atoms with Crippen LogP contribution in [0.1, 0.15) is 25.5 Å². The number of carbonyl (C=O) groups excluding carboxylic acids is 1. The van der Waals surface area contributed by atoms with Gasteiger partial charge in [0.05, 0.1) is 6.04 Å². The molecule has 1 aromatic rings. The van der Waals surface area contributed by atoms with E-state index in [0.29, 0.717) is 10.9 Å². The summed E-state index contributed by atoms with van der Waals surface area (Å²) in [6.07, 6.45) is 0. The van der Waals surface area contributed by atoms with Gasteiger partial charge in [0.2, 0.25) is 5.91 Å². The number of rotatable bonds is 4. The summed E-state index contributed by atoms with van der Waals surface area (Å²) in [5, 5.41) is 6.94. The second-order valence-electron chi connectivity index (χ2n) is 4.99. The zero-order valence-corrected chi connectivity index (χ0v) is 11.5. The maximum absolute atomic E-state index is 12.1. The number of nitrogens with one attached hydrogen (secondary N) is 2. The molecule has 0 bridgehead atoms. The topological polar surface area (TPSA) is 41.1 Å². The molecule has 0 radical (unpaired) electrons. The molecule has 2 rings (SSSR count). The molecule has 1 heterocycles. The first-order chi connectivity index (χ1) is 8.58. The molecule has 0 spiro atoms. The average molecular weight is 267 g/mol. The molecule has 18 heavy (non-hydrogen) atoms. The fourth-order valence-electron chi connectivity index (χ4n) is 2.08. The minimum Gasteiger partial charge on any atom is -0.349 e. The zero-order valence-electron chi connectivity index (χ0n) is 10.7. The summed E-state index contributed by atoms with van der Waals surface area (Å²) in [6, 6.07) is 7.60. The number of benzene rings is 1. The van der Waals surface area contributed by atoms with E-state index in [4.69, 9.17) is 11.6 Å². The largest absolute Gasteiger partial charge is 0.349 e. The molecule has 1 aromatic carbocycles. The van der Waals surface area contributed by atoms with E-state index in [1.54, 1.807) is 0 Å². The van der Waals surface area contributed by atoms with Crippen LogP contribution < -0.4 is 10.6 Å². The number of amides is 1. The molecule has 1 amide bonds. The lowest BCUT2D eigenvalue weighted by atomic mass is 9.88. The first-order valence-electron chi connectivity index (χ1n) is 6.34. The maximum Gasteiger partial charge on any atom is 0.223 e. The Morgan fingerprint density at radius 2 is 2.17 bits per heavy atom. The number of halogens is 1. The normalized spacial score (nSPS) is 18.8. The molecule has 2 N–H and O–H groups in total. The molecular weight excluding hydrogens is 248 g/mol. The van der Waals surface area contributed by atoms with Crippen molar-refractivity contribution in [1.82, 2.24) is 10.6 Å². The lowest BCUT2D eigenvalue weighted by Gasteiger charge is -2.32. The smallest absolute Gasteiger partial charge is 0.223 e. The molecule has 1 fully saturated rings. The molecule has 0 aliphatic carbocycles. The number of hydrogen-bond donors (Lipinski definition) is 2. The van der Waals surface area contributed by atoms with Crippen LogP contribution in [0.5, 0.6) is 0 Å². The van der Waals surface area contributed by atoms with E-state index in [0.717, 1.165) is 18.7 Å². The lowest BCUT2D eigenvalue weighted by Crippen LogP contribution is -2.49. The number of hydrogen-bond acceptors (Lipinski definition) is 2.